The maximum Gasteiger partial charge on any atom is 0.304 e. The van der Waals surface area contributed by atoms with Gasteiger partial charge in [-0.15, -0.1) is 0 Å². The molecule has 2 aliphatic rings. The van der Waals surface area contributed by atoms with Gasteiger partial charge in [-0.2, -0.15) is 0 Å². The molecule has 188 valence electrons. The number of carbonyl (C=O) groups is 1. The average molecular weight is 489 g/mol. The molecule has 2 aliphatic heterocycles. The smallest absolute Gasteiger partial charge is 0.304 e. The number of ether oxygens (including phenoxy) is 4. The zero-order valence-corrected chi connectivity index (χ0v) is 21.4. The molecule has 0 radical (unpaired) electrons. The Labute approximate surface area is 211 Å². The summed E-state index contributed by atoms with van der Waals surface area (Å²) < 4.78 is 23.9. The molecule has 3 aromatic rings. The lowest BCUT2D eigenvalue weighted by Crippen LogP contribution is -2.31. The van der Waals surface area contributed by atoms with Crippen LogP contribution in [0.25, 0.3) is 11.1 Å². The molecule has 0 amide bonds. The van der Waals surface area contributed by atoms with Crippen molar-refractivity contribution in [2.75, 3.05) is 13.7 Å². The third-order valence-electron chi connectivity index (χ3n) is 7.20. The maximum atomic E-state index is 11.1. The molecule has 0 saturated carbocycles. The fourth-order valence-corrected chi connectivity index (χ4v) is 5.61. The molecule has 3 aromatic carbocycles. The van der Waals surface area contributed by atoms with Gasteiger partial charge in [-0.05, 0) is 73.7 Å². The van der Waals surface area contributed by atoms with Crippen LogP contribution in [-0.2, 0) is 16.1 Å². The summed E-state index contributed by atoms with van der Waals surface area (Å²) in [4.78, 5) is 11.1. The van der Waals surface area contributed by atoms with Crippen molar-refractivity contribution in [3.63, 3.8) is 0 Å². The first-order valence-electron chi connectivity index (χ1n) is 12.2. The van der Waals surface area contributed by atoms with Crippen molar-refractivity contribution in [1.29, 1.82) is 0 Å². The number of aliphatic carboxylic acids is 1. The van der Waals surface area contributed by atoms with Crippen molar-refractivity contribution in [2.45, 2.75) is 58.3 Å². The average Bonchev–Trinajstić information content (AvgIpc) is 3.33. The van der Waals surface area contributed by atoms with Crippen LogP contribution >= 0.6 is 0 Å². The largest absolute Gasteiger partial charge is 0.492 e. The third kappa shape index (κ3) is 4.30. The maximum absolute atomic E-state index is 11.1. The fraction of sp³-hybridized carbons (Fsp3) is 0.367. The summed E-state index contributed by atoms with van der Waals surface area (Å²) in [5.41, 5.74) is 7.32. The van der Waals surface area contributed by atoms with Gasteiger partial charge in [0.2, 0.25) is 0 Å². The lowest BCUT2D eigenvalue weighted by molar-refractivity contribution is -0.137. The van der Waals surface area contributed by atoms with Gasteiger partial charge in [-0.25, -0.2) is 0 Å². The van der Waals surface area contributed by atoms with Gasteiger partial charge in [0.1, 0.15) is 35.6 Å². The predicted octanol–water partition coefficient (Wildman–Crippen LogP) is 6.36. The molecule has 2 heterocycles. The van der Waals surface area contributed by atoms with Crippen molar-refractivity contribution in [3.8, 4) is 28.4 Å². The normalized spacial score (nSPS) is 19.2. The van der Waals surface area contributed by atoms with Crippen LogP contribution in [0.1, 0.15) is 60.1 Å². The lowest BCUT2D eigenvalue weighted by Gasteiger charge is -2.25. The van der Waals surface area contributed by atoms with E-state index in [1.807, 2.05) is 18.2 Å². The van der Waals surface area contributed by atoms with Crippen molar-refractivity contribution < 1.29 is 28.8 Å². The van der Waals surface area contributed by atoms with E-state index in [0.717, 1.165) is 33.6 Å². The minimum Gasteiger partial charge on any atom is -0.492 e. The second-order valence-corrected chi connectivity index (χ2v) is 10.2. The van der Waals surface area contributed by atoms with E-state index in [4.69, 9.17) is 24.1 Å². The molecule has 2 atom stereocenters. The number of methoxy groups -OCH3 is 1. The monoisotopic (exact) mass is 488 g/mol. The summed E-state index contributed by atoms with van der Waals surface area (Å²) in [5.74, 6) is 1.36. The van der Waals surface area contributed by atoms with Gasteiger partial charge in [0.25, 0.3) is 0 Å². The second-order valence-electron chi connectivity index (χ2n) is 10.2. The van der Waals surface area contributed by atoms with Gasteiger partial charge < -0.3 is 24.1 Å². The Morgan fingerprint density at radius 1 is 1.11 bits per heavy atom. The van der Waals surface area contributed by atoms with Crippen LogP contribution in [0.15, 0.2) is 48.5 Å². The van der Waals surface area contributed by atoms with Crippen LogP contribution in [-0.4, -0.2) is 30.4 Å². The molecule has 0 aliphatic carbocycles. The van der Waals surface area contributed by atoms with Crippen molar-refractivity contribution in [3.05, 3.63) is 76.3 Å². The molecule has 36 heavy (non-hydrogen) atoms. The molecule has 0 saturated heterocycles. The van der Waals surface area contributed by atoms with E-state index >= 15 is 0 Å². The van der Waals surface area contributed by atoms with Gasteiger partial charge in [0.15, 0.2) is 0 Å². The Hall–Kier alpha value is -3.51. The van der Waals surface area contributed by atoms with E-state index in [1.165, 1.54) is 11.1 Å². The molecule has 6 heteroatoms. The highest BCUT2D eigenvalue weighted by molar-refractivity contribution is 5.75. The molecule has 0 fully saturated rings. The Bertz CT molecular complexity index is 1330. The zero-order valence-electron chi connectivity index (χ0n) is 21.4. The van der Waals surface area contributed by atoms with E-state index in [2.05, 4.69) is 58.0 Å². The van der Waals surface area contributed by atoms with Crippen LogP contribution in [0.5, 0.6) is 17.2 Å². The molecule has 0 bridgehead atoms. The number of hydrogen-bond donors (Lipinski definition) is 1. The number of aryl methyl sites for hydroxylation is 1. The van der Waals surface area contributed by atoms with Crippen molar-refractivity contribution in [2.24, 2.45) is 0 Å². The van der Waals surface area contributed by atoms with Gasteiger partial charge in [-0.3, -0.25) is 4.79 Å². The van der Waals surface area contributed by atoms with E-state index < -0.39 is 11.6 Å². The molecular weight excluding hydrogens is 456 g/mol. The zero-order chi connectivity index (χ0) is 25.6. The van der Waals surface area contributed by atoms with Gasteiger partial charge >= 0.3 is 5.97 Å². The Balaban J connectivity index is 1.37. The molecule has 0 spiro atoms. The summed E-state index contributed by atoms with van der Waals surface area (Å²) >= 11 is 0. The summed E-state index contributed by atoms with van der Waals surface area (Å²) in [6.45, 7) is 9.17. The number of fused-ring (bicyclic) bond motifs is 2. The van der Waals surface area contributed by atoms with E-state index in [0.29, 0.717) is 24.7 Å². The Kier molecular flexibility index (Phi) is 6.17. The molecular formula is C30H32O6. The fourth-order valence-electron chi connectivity index (χ4n) is 5.61. The van der Waals surface area contributed by atoms with E-state index in [-0.39, 0.29) is 18.4 Å². The second kappa shape index (κ2) is 9.17. The van der Waals surface area contributed by atoms with E-state index in [1.54, 1.807) is 7.11 Å². The molecule has 0 aromatic heterocycles. The molecule has 2 unspecified atom stereocenters. The molecule has 6 nitrogen and oxygen atoms in total. The Morgan fingerprint density at radius 3 is 2.67 bits per heavy atom. The molecule has 5 rings (SSSR count). The van der Waals surface area contributed by atoms with Crippen LogP contribution in [0.3, 0.4) is 0 Å². The highest BCUT2D eigenvalue weighted by atomic mass is 16.6. The first kappa shape index (κ1) is 24.2. The number of carboxylic acids is 1. The van der Waals surface area contributed by atoms with Gasteiger partial charge in [0, 0.05) is 30.2 Å². The first-order chi connectivity index (χ1) is 17.2. The Morgan fingerprint density at radius 2 is 1.92 bits per heavy atom. The van der Waals surface area contributed by atoms with Crippen LogP contribution in [0.4, 0.5) is 0 Å². The highest BCUT2D eigenvalue weighted by Gasteiger charge is 2.43. The lowest BCUT2D eigenvalue weighted by atomic mass is 9.87. The van der Waals surface area contributed by atoms with Gasteiger partial charge in [-0.1, -0.05) is 24.3 Å². The number of benzene rings is 3. The SMILES string of the molecule is COC1c2c(cc(C)c(-c3cccc(COc4ccc5c(c4)OCC5CC(=O)O)c3)c2C)OC1(C)C. The van der Waals surface area contributed by atoms with E-state index in [9.17, 15) is 4.79 Å². The summed E-state index contributed by atoms with van der Waals surface area (Å²) in [6.07, 6.45) is -0.0634. The number of hydrogen-bond acceptors (Lipinski definition) is 5. The topological polar surface area (TPSA) is 74.2 Å². The summed E-state index contributed by atoms with van der Waals surface area (Å²) in [5, 5.41) is 9.10. The summed E-state index contributed by atoms with van der Waals surface area (Å²) in [6, 6.07) is 16.2. The molecule has 1 N–H and O–H groups in total. The first-order valence-corrected chi connectivity index (χ1v) is 12.2. The quantitative estimate of drug-likeness (QED) is 0.417. The third-order valence-corrected chi connectivity index (χ3v) is 7.20. The minimum atomic E-state index is -0.820. The van der Waals surface area contributed by atoms with Crippen molar-refractivity contribution in [1.82, 2.24) is 0 Å². The van der Waals surface area contributed by atoms with Crippen LogP contribution in [0, 0.1) is 13.8 Å². The van der Waals surface area contributed by atoms with Gasteiger partial charge in [0.05, 0.1) is 13.0 Å². The number of rotatable bonds is 7. The summed E-state index contributed by atoms with van der Waals surface area (Å²) in [7, 11) is 1.73. The van der Waals surface area contributed by atoms with Crippen LogP contribution in [0.2, 0.25) is 0 Å². The number of carboxylic acid groups (broad SMARTS) is 1. The van der Waals surface area contributed by atoms with Crippen LogP contribution < -0.4 is 14.2 Å². The minimum absolute atomic E-state index is 0.0657. The highest BCUT2D eigenvalue weighted by Crippen LogP contribution is 2.49. The van der Waals surface area contributed by atoms with Crippen molar-refractivity contribution >= 4 is 5.97 Å². The standard InChI is InChI=1S/C30H32O6/c1-17-11-25-28(29(33-5)30(3,4)36-25)18(2)27(17)20-8-6-7-19(12-20)15-34-22-9-10-23-21(13-26(31)32)16-35-24(23)14-22/h6-12,14,21,29H,13,15-16H2,1-5H3,(H,31,32). The predicted molar refractivity (Wildman–Crippen MR) is 137 cm³/mol.